The van der Waals surface area contributed by atoms with Crippen molar-refractivity contribution in [2.75, 3.05) is 14.2 Å². The predicted molar refractivity (Wildman–Crippen MR) is 116 cm³/mol. The van der Waals surface area contributed by atoms with Gasteiger partial charge in [0.05, 0.1) is 25.3 Å². The molecule has 1 aliphatic rings. The van der Waals surface area contributed by atoms with E-state index in [9.17, 15) is 22.8 Å². The number of carbonyl (C=O) groups is 2. The zero-order valence-electron chi connectivity index (χ0n) is 18.0. The second kappa shape index (κ2) is 8.73. The summed E-state index contributed by atoms with van der Waals surface area (Å²) in [5.41, 5.74) is 2.71. The highest BCUT2D eigenvalue weighted by Crippen LogP contribution is 2.40. The Kier molecular flexibility index (Phi) is 5.97. The van der Waals surface area contributed by atoms with Crippen LogP contribution in [0.25, 0.3) is 11.1 Å². The number of fused-ring (bicyclic) bond motifs is 1. The van der Waals surface area contributed by atoms with Gasteiger partial charge in [0.25, 0.3) is 0 Å². The Morgan fingerprint density at radius 3 is 2.33 bits per heavy atom. The molecule has 0 bridgehead atoms. The van der Waals surface area contributed by atoms with Crippen LogP contribution in [-0.2, 0) is 23.8 Å². The number of ether oxygens (including phenoxy) is 2. The standard InChI is InChI=1S/C26H21F3O4/c1-32-20-12-17(11-19(14-20)26(27,28)29)21-4-3-5-22-23(21)13-18(24(22)30)10-15-6-8-16(9-7-15)25(31)33-2/h3-9,11-12,14,18H,10,13H2,1-2H3. The third-order valence-corrected chi connectivity index (χ3v) is 5.90. The third kappa shape index (κ3) is 4.49. The lowest BCUT2D eigenvalue weighted by Gasteiger charge is -2.14. The van der Waals surface area contributed by atoms with Gasteiger partial charge in [-0.15, -0.1) is 0 Å². The number of Topliss-reactive ketones (excluding diaryl/α,β-unsaturated/α-hetero) is 1. The van der Waals surface area contributed by atoms with E-state index in [1.165, 1.54) is 14.2 Å². The summed E-state index contributed by atoms with van der Waals surface area (Å²) in [6, 6.07) is 15.6. The van der Waals surface area contributed by atoms with Crippen LogP contribution in [0.2, 0.25) is 0 Å². The van der Waals surface area contributed by atoms with E-state index in [0.29, 0.717) is 35.1 Å². The maximum atomic E-state index is 13.4. The van der Waals surface area contributed by atoms with Crippen molar-refractivity contribution in [1.82, 2.24) is 0 Å². The molecule has 0 heterocycles. The van der Waals surface area contributed by atoms with E-state index in [4.69, 9.17) is 9.47 Å². The monoisotopic (exact) mass is 454 g/mol. The van der Waals surface area contributed by atoms with Crippen LogP contribution >= 0.6 is 0 Å². The molecule has 0 amide bonds. The summed E-state index contributed by atoms with van der Waals surface area (Å²) in [5, 5.41) is 0. The molecule has 0 spiro atoms. The van der Waals surface area contributed by atoms with E-state index < -0.39 is 17.7 Å². The fourth-order valence-corrected chi connectivity index (χ4v) is 4.25. The molecule has 0 aliphatic heterocycles. The largest absolute Gasteiger partial charge is 0.497 e. The van der Waals surface area contributed by atoms with Gasteiger partial charge in [0.2, 0.25) is 0 Å². The van der Waals surface area contributed by atoms with E-state index in [2.05, 4.69) is 0 Å². The molecule has 3 aromatic rings. The van der Waals surface area contributed by atoms with Gasteiger partial charge in [-0.1, -0.05) is 30.3 Å². The molecular weight excluding hydrogens is 433 g/mol. The number of ketones is 1. The van der Waals surface area contributed by atoms with Gasteiger partial charge in [0.1, 0.15) is 5.75 Å². The van der Waals surface area contributed by atoms with Gasteiger partial charge >= 0.3 is 12.1 Å². The fourth-order valence-electron chi connectivity index (χ4n) is 4.25. The van der Waals surface area contributed by atoms with Crippen molar-refractivity contribution in [3.05, 3.63) is 88.5 Å². The van der Waals surface area contributed by atoms with Crippen molar-refractivity contribution in [1.29, 1.82) is 0 Å². The molecule has 0 saturated carbocycles. The number of esters is 1. The molecular formula is C26H21F3O4. The van der Waals surface area contributed by atoms with Gasteiger partial charge < -0.3 is 9.47 Å². The van der Waals surface area contributed by atoms with Gasteiger partial charge in [0, 0.05) is 11.5 Å². The Bertz CT molecular complexity index is 1210. The summed E-state index contributed by atoms with van der Waals surface area (Å²) in [6.07, 6.45) is -3.64. The molecule has 1 aliphatic carbocycles. The normalized spacial score (nSPS) is 15.3. The van der Waals surface area contributed by atoms with Crippen molar-refractivity contribution in [2.24, 2.45) is 5.92 Å². The number of rotatable bonds is 5. The number of benzene rings is 3. The Labute approximate surface area is 189 Å². The van der Waals surface area contributed by atoms with Crippen LogP contribution in [0.15, 0.2) is 60.7 Å². The average Bonchev–Trinajstić information content (AvgIpc) is 3.13. The van der Waals surface area contributed by atoms with Crippen molar-refractivity contribution in [3.8, 4) is 16.9 Å². The van der Waals surface area contributed by atoms with Gasteiger partial charge in [-0.25, -0.2) is 4.79 Å². The number of methoxy groups -OCH3 is 2. The molecule has 4 rings (SSSR count). The highest BCUT2D eigenvalue weighted by Gasteiger charge is 2.34. The summed E-state index contributed by atoms with van der Waals surface area (Å²) in [7, 11) is 2.63. The summed E-state index contributed by atoms with van der Waals surface area (Å²) in [4.78, 5) is 24.7. The number of hydrogen-bond acceptors (Lipinski definition) is 4. The van der Waals surface area contributed by atoms with Crippen LogP contribution in [0.3, 0.4) is 0 Å². The molecule has 0 aromatic heterocycles. The van der Waals surface area contributed by atoms with Crippen molar-refractivity contribution < 1.29 is 32.2 Å². The van der Waals surface area contributed by atoms with E-state index in [0.717, 1.165) is 23.3 Å². The van der Waals surface area contributed by atoms with E-state index >= 15 is 0 Å². The van der Waals surface area contributed by atoms with Crippen LogP contribution < -0.4 is 4.74 Å². The first-order valence-electron chi connectivity index (χ1n) is 10.3. The first kappa shape index (κ1) is 22.6. The fraction of sp³-hybridized carbons (Fsp3) is 0.231. The smallest absolute Gasteiger partial charge is 0.416 e. The van der Waals surface area contributed by atoms with Crippen LogP contribution in [0.1, 0.15) is 37.4 Å². The highest BCUT2D eigenvalue weighted by molar-refractivity contribution is 6.04. The van der Waals surface area contributed by atoms with Gasteiger partial charge in [-0.05, 0) is 65.4 Å². The minimum absolute atomic E-state index is 0.0390. The molecule has 170 valence electrons. The van der Waals surface area contributed by atoms with Crippen LogP contribution in [-0.4, -0.2) is 26.0 Å². The SMILES string of the molecule is COC(=O)c1ccc(CC2Cc3c(cccc3-c3cc(OC)cc(C(F)(F)F)c3)C2=O)cc1. The molecule has 0 fully saturated rings. The van der Waals surface area contributed by atoms with Crippen molar-refractivity contribution >= 4 is 11.8 Å². The Morgan fingerprint density at radius 1 is 1.00 bits per heavy atom. The highest BCUT2D eigenvalue weighted by atomic mass is 19.4. The Balaban J connectivity index is 1.65. The summed E-state index contributed by atoms with van der Waals surface area (Å²) in [5.74, 6) is -0.711. The predicted octanol–water partition coefficient (Wildman–Crippen LogP) is 5.77. The first-order chi connectivity index (χ1) is 15.7. The van der Waals surface area contributed by atoms with Crippen molar-refractivity contribution in [2.45, 2.75) is 19.0 Å². The van der Waals surface area contributed by atoms with Gasteiger partial charge in [0.15, 0.2) is 5.78 Å². The van der Waals surface area contributed by atoms with Crippen LogP contribution in [0.5, 0.6) is 5.75 Å². The second-order valence-electron chi connectivity index (χ2n) is 7.94. The first-order valence-corrected chi connectivity index (χ1v) is 10.3. The maximum absolute atomic E-state index is 13.4. The lowest BCUT2D eigenvalue weighted by Crippen LogP contribution is -2.12. The summed E-state index contributed by atoms with van der Waals surface area (Å²) >= 11 is 0. The molecule has 0 radical (unpaired) electrons. The molecule has 33 heavy (non-hydrogen) atoms. The van der Waals surface area contributed by atoms with E-state index in [1.807, 2.05) is 0 Å². The summed E-state index contributed by atoms with van der Waals surface area (Å²) < 4.78 is 50.0. The van der Waals surface area contributed by atoms with Crippen molar-refractivity contribution in [3.63, 3.8) is 0 Å². The van der Waals surface area contributed by atoms with E-state index in [-0.39, 0.29) is 17.5 Å². The number of alkyl halides is 3. The zero-order chi connectivity index (χ0) is 23.8. The minimum atomic E-state index is -4.52. The maximum Gasteiger partial charge on any atom is 0.416 e. The second-order valence-corrected chi connectivity index (χ2v) is 7.94. The quantitative estimate of drug-likeness (QED) is 0.460. The molecule has 0 saturated heterocycles. The summed E-state index contributed by atoms with van der Waals surface area (Å²) in [6.45, 7) is 0. The molecule has 0 N–H and O–H groups in total. The third-order valence-electron chi connectivity index (χ3n) is 5.90. The molecule has 7 heteroatoms. The van der Waals surface area contributed by atoms with Crippen LogP contribution in [0, 0.1) is 5.92 Å². The molecule has 1 unspecified atom stereocenters. The topological polar surface area (TPSA) is 52.6 Å². The zero-order valence-corrected chi connectivity index (χ0v) is 18.0. The number of halogens is 3. The molecule has 3 aromatic carbocycles. The van der Waals surface area contributed by atoms with E-state index in [1.54, 1.807) is 48.5 Å². The Hall–Kier alpha value is -3.61. The van der Waals surface area contributed by atoms with Gasteiger partial charge in [-0.3, -0.25) is 4.79 Å². The average molecular weight is 454 g/mol. The minimum Gasteiger partial charge on any atom is -0.497 e. The number of hydrogen-bond donors (Lipinski definition) is 0. The number of carbonyl (C=O) groups excluding carboxylic acids is 2. The Morgan fingerprint density at radius 2 is 1.70 bits per heavy atom. The van der Waals surface area contributed by atoms with Gasteiger partial charge in [-0.2, -0.15) is 13.2 Å². The lowest BCUT2D eigenvalue weighted by molar-refractivity contribution is -0.137. The lowest BCUT2D eigenvalue weighted by atomic mass is 9.93. The molecule has 1 atom stereocenters. The van der Waals surface area contributed by atoms with Crippen LogP contribution in [0.4, 0.5) is 13.2 Å². The molecule has 4 nitrogen and oxygen atoms in total.